The number of nitrogens with zero attached hydrogens (tertiary/aromatic N) is 2. The summed E-state index contributed by atoms with van der Waals surface area (Å²) in [6, 6.07) is 15.4. The van der Waals surface area contributed by atoms with Crippen molar-refractivity contribution in [2.45, 2.75) is 30.9 Å². The highest BCUT2D eigenvalue weighted by Gasteiger charge is 2.57. The Balaban J connectivity index is 1.27. The zero-order chi connectivity index (χ0) is 23.7. The Kier molecular flexibility index (Phi) is 5.87. The van der Waals surface area contributed by atoms with E-state index >= 15 is 0 Å². The van der Waals surface area contributed by atoms with Gasteiger partial charge in [-0.2, -0.15) is 0 Å². The lowest BCUT2D eigenvalue weighted by Crippen LogP contribution is -2.75. The number of nitrogens with one attached hydrogen (secondary N) is 2. The second-order valence-corrected chi connectivity index (χ2v) is 8.99. The van der Waals surface area contributed by atoms with Crippen LogP contribution in [-0.2, 0) is 23.0 Å². The first-order valence-corrected chi connectivity index (χ1v) is 11.6. The maximum absolute atomic E-state index is 13.1. The molecule has 0 saturated carbocycles. The second-order valence-electron chi connectivity index (χ2n) is 8.99. The Morgan fingerprint density at radius 1 is 1.18 bits per heavy atom. The van der Waals surface area contributed by atoms with Crippen LogP contribution < -0.4 is 16.4 Å². The van der Waals surface area contributed by atoms with Crippen LogP contribution in [0.3, 0.4) is 0 Å². The minimum Gasteiger partial charge on any atom is -0.408 e. The van der Waals surface area contributed by atoms with Crippen molar-refractivity contribution in [3.05, 3.63) is 70.2 Å². The first-order chi connectivity index (χ1) is 16.5. The summed E-state index contributed by atoms with van der Waals surface area (Å²) < 4.78 is 12.7. The molecule has 2 aliphatic rings. The number of unbranched alkanes of at least 4 members (excludes halogenated alkanes) is 1. The molecule has 0 radical (unpaired) electrons. The van der Waals surface area contributed by atoms with Gasteiger partial charge in [-0.1, -0.05) is 36.4 Å². The van der Waals surface area contributed by atoms with Crippen LogP contribution in [0.15, 0.2) is 57.7 Å². The van der Waals surface area contributed by atoms with Gasteiger partial charge < -0.3 is 24.7 Å². The maximum Gasteiger partial charge on any atom is 0.419 e. The van der Waals surface area contributed by atoms with Crippen molar-refractivity contribution in [2.24, 2.45) is 7.05 Å². The van der Waals surface area contributed by atoms with Crippen LogP contribution in [-0.4, -0.2) is 53.2 Å². The van der Waals surface area contributed by atoms with E-state index in [9.17, 15) is 14.4 Å². The molecule has 9 heteroatoms. The summed E-state index contributed by atoms with van der Waals surface area (Å²) in [5, 5.41) is 5.87. The van der Waals surface area contributed by atoms with Crippen molar-refractivity contribution in [3.63, 3.8) is 0 Å². The molecule has 3 aromatic rings. The number of fused-ring (bicyclic) bond motifs is 1. The van der Waals surface area contributed by atoms with Crippen LogP contribution in [0.5, 0.6) is 0 Å². The zero-order valence-corrected chi connectivity index (χ0v) is 19.1. The maximum atomic E-state index is 13.1. The fourth-order valence-corrected chi connectivity index (χ4v) is 4.81. The van der Waals surface area contributed by atoms with E-state index in [0.717, 1.165) is 24.8 Å². The van der Waals surface area contributed by atoms with E-state index < -0.39 is 17.4 Å². The number of piperazine rings is 1. The summed E-state index contributed by atoms with van der Waals surface area (Å²) in [5.41, 5.74) is 2.53. The summed E-state index contributed by atoms with van der Waals surface area (Å²) in [6.45, 7) is 1.12. The van der Waals surface area contributed by atoms with E-state index in [1.54, 1.807) is 18.0 Å². The van der Waals surface area contributed by atoms with Gasteiger partial charge in [0.05, 0.1) is 12.1 Å². The Morgan fingerprint density at radius 2 is 2.00 bits per heavy atom. The van der Waals surface area contributed by atoms with E-state index in [1.165, 1.54) is 10.1 Å². The number of carbonyl (C=O) groups is 2. The number of amides is 3. The van der Waals surface area contributed by atoms with Gasteiger partial charge in [-0.25, -0.2) is 9.59 Å². The summed E-state index contributed by atoms with van der Waals surface area (Å²) in [6.07, 6.45) is 2.33. The Morgan fingerprint density at radius 3 is 2.76 bits per heavy atom. The lowest BCUT2D eigenvalue weighted by Gasteiger charge is -2.56. The van der Waals surface area contributed by atoms with Crippen molar-refractivity contribution in [3.8, 4) is 0 Å². The molecule has 2 unspecified atom stereocenters. The van der Waals surface area contributed by atoms with Gasteiger partial charge in [0.1, 0.15) is 18.2 Å². The molecule has 9 nitrogen and oxygen atoms in total. The largest absolute Gasteiger partial charge is 0.419 e. The van der Waals surface area contributed by atoms with Crippen molar-refractivity contribution in [2.75, 3.05) is 26.2 Å². The molecule has 1 spiro atoms. The topological polar surface area (TPSA) is 106 Å². The molecule has 34 heavy (non-hydrogen) atoms. The van der Waals surface area contributed by atoms with E-state index in [4.69, 9.17) is 9.15 Å². The lowest BCUT2D eigenvalue weighted by atomic mass is 9.80. The number of aryl methyl sites for hydroxylation is 2. The molecular weight excluding hydrogens is 436 g/mol. The molecule has 0 bridgehead atoms. The molecule has 2 aromatic carbocycles. The minimum atomic E-state index is -0.690. The number of hydrogen-bond donors (Lipinski definition) is 2. The van der Waals surface area contributed by atoms with E-state index in [1.807, 2.05) is 30.3 Å². The third kappa shape index (κ3) is 3.96. The molecule has 2 fully saturated rings. The number of carbonyl (C=O) groups excluding carboxylic acids is 2. The zero-order valence-electron chi connectivity index (χ0n) is 19.1. The van der Waals surface area contributed by atoms with Crippen LogP contribution in [0.25, 0.3) is 11.1 Å². The Hall–Kier alpha value is -3.59. The third-order valence-electron chi connectivity index (χ3n) is 6.79. The van der Waals surface area contributed by atoms with Gasteiger partial charge in [0, 0.05) is 20.1 Å². The highest BCUT2D eigenvalue weighted by atomic mass is 16.5. The number of oxazole rings is 1. The van der Waals surface area contributed by atoms with Gasteiger partial charge >= 0.3 is 11.8 Å². The normalized spacial score (nSPS) is 22.0. The summed E-state index contributed by atoms with van der Waals surface area (Å²) in [7, 11) is 1.65. The van der Waals surface area contributed by atoms with Crippen LogP contribution in [0.2, 0.25) is 0 Å². The SMILES string of the molecule is Cn1c(=O)oc2cc(C3OCC34CNC(=O)CN4C(=O)NCCCCc3ccccc3)ccc21. The molecular formula is C25H28N4O5. The van der Waals surface area contributed by atoms with E-state index in [-0.39, 0.29) is 18.5 Å². The fourth-order valence-electron chi connectivity index (χ4n) is 4.81. The quantitative estimate of drug-likeness (QED) is 0.544. The average molecular weight is 465 g/mol. The Bertz CT molecular complexity index is 1270. The monoisotopic (exact) mass is 464 g/mol. The number of ether oxygens (including phenoxy) is 1. The van der Waals surface area contributed by atoms with Crippen molar-refractivity contribution >= 4 is 23.0 Å². The first-order valence-electron chi connectivity index (χ1n) is 11.6. The summed E-state index contributed by atoms with van der Waals surface area (Å²) >= 11 is 0. The molecule has 2 atom stereocenters. The van der Waals surface area contributed by atoms with Crippen LogP contribution >= 0.6 is 0 Å². The van der Waals surface area contributed by atoms with Gasteiger partial charge in [0.25, 0.3) is 0 Å². The summed E-state index contributed by atoms with van der Waals surface area (Å²) in [5.74, 6) is -0.630. The van der Waals surface area contributed by atoms with Crippen molar-refractivity contribution in [1.29, 1.82) is 0 Å². The molecule has 5 rings (SSSR count). The number of aromatic nitrogens is 1. The van der Waals surface area contributed by atoms with Gasteiger partial charge in [-0.3, -0.25) is 9.36 Å². The number of hydrogen-bond acceptors (Lipinski definition) is 5. The molecule has 2 aliphatic heterocycles. The molecule has 2 saturated heterocycles. The fraction of sp³-hybridized carbons (Fsp3) is 0.400. The second kappa shape index (κ2) is 8.98. The molecule has 0 aliphatic carbocycles. The molecule has 2 N–H and O–H groups in total. The van der Waals surface area contributed by atoms with Gasteiger partial charge in [-0.15, -0.1) is 0 Å². The Labute approximate surface area is 196 Å². The summed E-state index contributed by atoms with van der Waals surface area (Å²) in [4.78, 5) is 38.8. The predicted molar refractivity (Wildman–Crippen MR) is 125 cm³/mol. The average Bonchev–Trinajstić information content (AvgIpc) is 3.11. The molecule has 3 amide bonds. The number of urea groups is 1. The standard InChI is InChI=1S/C25H28N4O5/c1-28-19-11-10-18(13-20(19)34-24(28)32)22-25(16-33-22)15-27-21(30)14-29(25)23(31)26-12-6-5-9-17-7-3-2-4-8-17/h2-4,7-8,10-11,13,22H,5-6,9,12,14-16H2,1H3,(H,26,31)(H,27,30). The van der Waals surface area contributed by atoms with Crippen molar-refractivity contribution < 1.29 is 18.7 Å². The smallest absolute Gasteiger partial charge is 0.408 e. The molecule has 178 valence electrons. The number of benzene rings is 2. The van der Waals surface area contributed by atoms with Gasteiger partial charge in [-0.05, 0) is 42.5 Å². The van der Waals surface area contributed by atoms with Gasteiger partial charge in [0.2, 0.25) is 5.91 Å². The van der Waals surface area contributed by atoms with Crippen molar-refractivity contribution in [1.82, 2.24) is 20.1 Å². The molecule has 3 heterocycles. The third-order valence-corrected chi connectivity index (χ3v) is 6.79. The molecule has 1 aromatic heterocycles. The highest BCUT2D eigenvalue weighted by molar-refractivity contribution is 5.86. The first kappa shape index (κ1) is 22.2. The van der Waals surface area contributed by atoms with E-state index in [2.05, 4.69) is 22.8 Å². The van der Waals surface area contributed by atoms with Gasteiger partial charge in [0.15, 0.2) is 5.58 Å². The van der Waals surface area contributed by atoms with Crippen LogP contribution in [0.4, 0.5) is 4.79 Å². The van der Waals surface area contributed by atoms with E-state index in [0.29, 0.717) is 30.8 Å². The lowest BCUT2D eigenvalue weighted by molar-refractivity contribution is -0.199. The van der Waals surface area contributed by atoms with Crippen LogP contribution in [0, 0.1) is 0 Å². The van der Waals surface area contributed by atoms with Crippen LogP contribution in [0.1, 0.15) is 30.1 Å². The number of rotatable bonds is 6. The highest BCUT2D eigenvalue weighted by Crippen LogP contribution is 2.44. The predicted octanol–water partition coefficient (Wildman–Crippen LogP) is 2.11. The minimum absolute atomic E-state index is 0.0294.